The van der Waals surface area contributed by atoms with Crippen LogP contribution < -0.4 is 4.74 Å². The molecule has 0 atom stereocenters. The molecule has 0 N–H and O–H groups in total. The smallest absolute Gasteiger partial charge is 0.338 e. The Hall–Kier alpha value is -1.57. The lowest BCUT2D eigenvalue weighted by molar-refractivity contribution is -0.130. The molecule has 1 rings (SSSR count). The van der Waals surface area contributed by atoms with E-state index in [9.17, 15) is 4.79 Å². The van der Waals surface area contributed by atoms with E-state index in [1.807, 2.05) is 24.3 Å². The van der Waals surface area contributed by atoms with Crippen LogP contribution in [0.1, 0.15) is 70.8 Å². The van der Waals surface area contributed by atoms with E-state index in [1.54, 1.807) is 6.92 Å². The number of hydrogen-bond acceptors (Lipinski definition) is 2. The number of rotatable bonds is 11. The lowest BCUT2D eigenvalue weighted by Gasteiger charge is -2.06. The quantitative estimate of drug-likeness (QED) is 0.222. The van der Waals surface area contributed by atoms with Crippen molar-refractivity contribution in [1.29, 1.82) is 0 Å². The minimum atomic E-state index is -0.365. The van der Waals surface area contributed by atoms with Crippen molar-refractivity contribution in [1.82, 2.24) is 0 Å². The van der Waals surface area contributed by atoms with Crippen LogP contribution in [0, 0.1) is 0 Å². The number of unbranched alkanes of at least 4 members (excludes halogenated alkanes) is 7. The largest absolute Gasteiger partial charge is 0.423 e. The topological polar surface area (TPSA) is 26.3 Å². The average molecular weight is 302 g/mol. The molecule has 0 saturated carbocycles. The molecule has 0 heterocycles. The van der Waals surface area contributed by atoms with Crippen molar-refractivity contribution in [3.05, 3.63) is 42.0 Å². The summed E-state index contributed by atoms with van der Waals surface area (Å²) in [4.78, 5) is 11.4. The van der Waals surface area contributed by atoms with Gasteiger partial charge in [0.25, 0.3) is 0 Å². The molecule has 0 aliphatic carbocycles. The van der Waals surface area contributed by atoms with Crippen molar-refractivity contribution < 1.29 is 9.53 Å². The second-order valence-electron chi connectivity index (χ2n) is 6.04. The molecule has 22 heavy (non-hydrogen) atoms. The highest BCUT2D eigenvalue weighted by Gasteiger charge is 2.04. The molecule has 2 heteroatoms. The summed E-state index contributed by atoms with van der Waals surface area (Å²) in [6.07, 6.45) is 11.8. The Morgan fingerprint density at radius 2 is 1.50 bits per heavy atom. The molecule has 122 valence electrons. The summed E-state index contributed by atoms with van der Waals surface area (Å²) >= 11 is 0. The Labute approximate surface area is 135 Å². The number of carbonyl (C=O) groups excluding carboxylic acids is 1. The van der Waals surface area contributed by atoms with E-state index in [1.165, 1.54) is 56.9 Å². The number of carbonyl (C=O) groups is 1. The molecule has 0 aliphatic rings. The lowest BCUT2D eigenvalue weighted by atomic mass is 10.0. The van der Waals surface area contributed by atoms with Gasteiger partial charge in [-0.2, -0.15) is 0 Å². The van der Waals surface area contributed by atoms with Gasteiger partial charge < -0.3 is 4.74 Å². The molecule has 1 aromatic carbocycles. The number of hydrogen-bond donors (Lipinski definition) is 0. The lowest BCUT2D eigenvalue weighted by Crippen LogP contribution is -2.07. The van der Waals surface area contributed by atoms with Gasteiger partial charge in [0, 0.05) is 5.57 Å². The highest BCUT2D eigenvalue weighted by atomic mass is 16.5. The fraction of sp³-hybridized carbons (Fsp3) is 0.550. The Balaban J connectivity index is 2.16. The van der Waals surface area contributed by atoms with Gasteiger partial charge in [0.05, 0.1) is 0 Å². The minimum absolute atomic E-state index is 0.365. The standard InChI is InChI=1S/C20H30O2/c1-4-5-6-7-8-9-10-11-12-18-13-15-19(16-14-18)22-20(21)17(2)3/h13-16H,2,4-12H2,1,3H3. The maximum atomic E-state index is 11.4. The molecule has 0 aliphatic heterocycles. The average Bonchev–Trinajstić information content (AvgIpc) is 2.51. The van der Waals surface area contributed by atoms with Gasteiger partial charge in [-0.3, -0.25) is 0 Å². The summed E-state index contributed by atoms with van der Waals surface area (Å²) < 4.78 is 5.18. The van der Waals surface area contributed by atoms with Crippen LogP contribution in [-0.2, 0) is 11.2 Å². The number of esters is 1. The van der Waals surface area contributed by atoms with Gasteiger partial charge >= 0.3 is 5.97 Å². The van der Waals surface area contributed by atoms with E-state index in [4.69, 9.17) is 4.74 Å². The molecule has 2 nitrogen and oxygen atoms in total. The monoisotopic (exact) mass is 302 g/mol. The SMILES string of the molecule is C=C(C)C(=O)Oc1ccc(CCCCCCCCCC)cc1. The van der Waals surface area contributed by atoms with Gasteiger partial charge in [-0.25, -0.2) is 4.79 Å². The first-order valence-corrected chi connectivity index (χ1v) is 8.60. The first-order valence-electron chi connectivity index (χ1n) is 8.60. The van der Waals surface area contributed by atoms with Crippen molar-refractivity contribution in [2.45, 2.75) is 71.6 Å². The van der Waals surface area contributed by atoms with E-state index in [0.717, 1.165) is 6.42 Å². The summed E-state index contributed by atoms with van der Waals surface area (Å²) in [7, 11) is 0. The molecular weight excluding hydrogens is 272 g/mol. The van der Waals surface area contributed by atoms with Crippen molar-refractivity contribution >= 4 is 5.97 Å². The summed E-state index contributed by atoms with van der Waals surface area (Å²) in [6, 6.07) is 7.81. The fourth-order valence-electron chi connectivity index (χ4n) is 2.38. The third-order valence-electron chi connectivity index (χ3n) is 3.80. The number of benzene rings is 1. The van der Waals surface area contributed by atoms with Crippen LogP contribution in [0.3, 0.4) is 0 Å². The van der Waals surface area contributed by atoms with E-state index < -0.39 is 0 Å². The van der Waals surface area contributed by atoms with Gasteiger partial charge in [0.2, 0.25) is 0 Å². The van der Waals surface area contributed by atoms with Gasteiger partial charge in [0.1, 0.15) is 5.75 Å². The molecule has 0 fully saturated rings. The second kappa shape index (κ2) is 11.1. The first-order chi connectivity index (χ1) is 10.6. The van der Waals surface area contributed by atoms with Crippen LogP contribution in [0.2, 0.25) is 0 Å². The Morgan fingerprint density at radius 1 is 0.955 bits per heavy atom. The zero-order chi connectivity index (χ0) is 16.2. The van der Waals surface area contributed by atoms with Crippen molar-refractivity contribution in [2.24, 2.45) is 0 Å². The first kappa shape index (κ1) is 18.5. The van der Waals surface area contributed by atoms with Crippen LogP contribution in [0.15, 0.2) is 36.4 Å². The van der Waals surface area contributed by atoms with Gasteiger partial charge in [-0.1, -0.05) is 70.6 Å². The molecule has 0 saturated heterocycles. The zero-order valence-corrected chi connectivity index (χ0v) is 14.2. The third kappa shape index (κ3) is 8.02. The van der Waals surface area contributed by atoms with Gasteiger partial charge in [-0.05, 0) is 37.5 Å². The van der Waals surface area contributed by atoms with Crippen LogP contribution in [0.25, 0.3) is 0 Å². The van der Waals surface area contributed by atoms with Gasteiger partial charge in [-0.15, -0.1) is 0 Å². The van der Waals surface area contributed by atoms with E-state index in [2.05, 4.69) is 13.5 Å². The predicted octanol–water partition coefficient (Wildman–Crippen LogP) is 5.85. The third-order valence-corrected chi connectivity index (χ3v) is 3.80. The van der Waals surface area contributed by atoms with Crippen molar-refractivity contribution in [3.8, 4) is 5.75 Å². The van der Waals surface area contributed by atoms with E-state index >= 15 is 0 Å². The molecule has 0 aromatic heterocycles. The van der Waals surface area contributed by atoms with E-state index in [-0.39, 0.29) is 5.97 Å². The minimum Gasteiger partial charge on any atom is -0.423 e. The molecule has 0 bridgehead atoms. The maximum Gasteiger partial charge on any atom is 0.338 e. The molecule has 0 amide bonds. The Kier molecular flexibility index (Phi) is 9.29. The molecule has 1 aromatic rings. The highest BCUT2D eigenvalue weighted by Crippen LogP contribution is 2.16. The molecule has 0 unspecified atom stereocenters. The number of aryl methyl sites for hydroxylation is 1. The summed E-state index contributed by atoms with van der Waals surface area (Å²) in [5.74, 6) is 0.225. The van der Waals surface area contributed by atoms with Crippen LogP contribution in [0.4, 0.5) is 0 Å². The second-order valence-corrected chi connectivity index (χ2v) is 6.04. The van der Waals surface area contributed by atoms with Crippen molar-refractivity contribution in [3.63, 3.8) is 0 Å². The number of ether oxygens (including phenoxy) is 1. The maximum absolute atomic E-state index is 11.4. The highest BCUT2D eigenvalue weighted by molar-refractivity contribution is 5.88. The molecule has 0 radical (unpaired) electrons. The summed E-state index contributed by atoms with van der Waals surface area (Å²) in [6.45, 7) is 7.48. The van der Waals surface area contributed by atoms with Crippen LogP contribution >= 0.6 is 0 Å². The fourth-order valence-corrected chi connectivity index (χ4v) is 2.38. The normalized spacial score (nSPS) is 10.5. The predicted molar refractivity (Wildman–Crippen MR) is 93.2 cm³/mol. The van der Waals surface area contributed by atoms with Gasteiger partial charge in [0.15, 0.2) is 0 Å². The van der Waals surface area contributed by atoms with E-state index in [0.29, 0.717) is 11.3 Å². The van der Waals surface area contributed by atoms with Crippen LogP contribution in [0.5, 0.6) is 5.75 Å². The Morgan fingerprint density at radius 3 is 2.05 bits per heavy atom. The zero-order valence-electron chi connectivity index (χ0n) is 14.2. The summed E-state index contributed by atoms with van der Waals surface area (Å²) in [5, 5.41) is 0. The molecular formula is C20H30O2. The van der Waals surface area contributed by atoms with Crippen LogP contribution in [-0.4, -0.2) is 5.97 Å². The summed E-state index contributed by atoms with van der Waals surface area (Å²) in [5.41, 5.74) is 1.73. The molecule has 0 spiro atoms. The van der Waals surface area contributed by atoms with Crippen molar-refractivity contribution in [2.75, 3.05) is 0 Å². The Bertz CT molecular complexity index is 445.